The number of aliphatic imine (C=N–C) groups is 1. The average molecular weight is 572 g/mol. The third kappa shape index (κ3) is 6.00. The smallest absolute Gasteiger partial charge is 0.387 e. The maximum atomic E-state index is 12.8. The van der Waals surface area contributed by atoms with Crippen LogP contribution in [0.1, 0.15) is 17.0 Å². The summed E-state index contributed by atoms with van der Waals surface area (Å²) in [4.78, 5) is 12.8. The van der Waals surface area contributed by atoms with Gasteiger partial charge in [-0.15, -0.1) is 24.0 Å². The zero-order valence-electron chi connectivity index (χ0n) is 17.9. The zero-order chi connectivity index (χ0) is 22.5. The van der Waals surface area contributed by atoms with Crippen molar-refractivity contribution in [3.8, 4) is 23.1 Å². The summed E-state index contributed by atoms with van der Waals surface area (Å²) in [7, 11) is 1.62. The molecule has 4 rings (SSSR count). The van der Waals surface area contributed by atoms with E-state index in [2.05, 4.69) is 30.3 Å². The van der Waals surface area contributed by atoms with Crippen molar-refractivity contribution in [1.82, 2.24) is 25.2 Å². The lowest BCUT2D eigenvalue weighted by molar-refractivity contribution is -0.0505. The molecule has 0 amide bonds. The second-order valence-electron chi connectivity index (χ2n) is 6.84. The van der Waals surface area contributed by atoms with Crippen LogP contribution in [0.5, 0.6) is 17.2 Å². The molecular formula is C21H23F2IN6O3. The van der Waals surface area contributed by atoms with E-state index in [9.17, 15) is 8.78 Å². The SMILES string of the molecule is CN=C(NCc1ccc(-n2ccnc2C)nc1)NCc1cc2c(cc1OC(F)F)OCO2.I. The summed E-state index contributed by atoms with van der Waals surface area (Å²) in [5.41, 5.74) is 1.43. The van der Waals surface area contributed by atoms with Gasteiger partial charge in [0.25, 0.3) is 0 Å². The number of nitrogens with one attached hydrogen (secondary N) is 2. The second-order valence-corrected chi connectivity index (χ2v) is 6.84. The summed E-state index contributed by atoms with van der Waals surface area (Å²) in [6, 6.07) is 6.87. The quantitative estimate of drug-likeness (QED) is 0.255. The van der Waals surface area contributed by atoms with Crippen LogP contribution in [0.25, 0.3) is 5.82 Å². The Morgan fingerprint density at radius 3 is 2.58 bits per heavy atom. The van der Waals surface area contributed by atoms with Gasteiger partial charge in [-0.25, -0.2) is 9.97 Å². The molecule has 2 aromatic heterocycles. The second kappa shape index (κ2) is 11.1. The Balaban J connectivity index is 0.00000306. The molecule has 2 N–H and O–H groups in total. The van der Waals surface area contributed by atoms with Gasteiger partial charge in [-0.2, -0.15) is 8.78 Å². The molecule has 0 saturated heterocycles. The number of ether oxygens (including phenoxy) is 3. The van der Waals surface area contributed by atoms with Crippen molar-refractivity contribution in [2.24, 2.45) is 4.99 Å². The van der Waals surface area contributed by atoms with E-state index < -0.39 is 6.61 Å². The number of halogens is 3. The lowest BCUT2D eigenvalue weighted by Crippen LogP contribution is -2.36. The van der Waals surface area contributed by atoms with Gasteiger partial charge >= 0.3 is 6.61 Å². The van der Waals surface area contributed by atoms with E-state index in [1.807, 2.05) is 29.8 Å². The van der Waals surface area contributed by atoms with Crippen molar-refractivity contribution in [3.63, 3.8) is 0 Å². The molecule has 1 aliphatic heterocycles. The molecule has 3 heterocycles. The van der Waals surface area contributed by atoms with Crippen LogP contribution in [-0.2, 0) is 13.1 Å². The maximum Gasteiger partial charge on any atom is 0.387 e. The number of hydrogen-bond donors (Lipinski definition) is 2. The first-order valence-corrected chi connectivity index (χ1v) is 9.80. The molecular weight excluding hydrogens is 549 g/mol. The predicted octanol–water partition coefficient (Wildman–Crippen LogP) is 3.39. The van der Waals surface area contributed by atoms with Gasteiger partial charge in [-0.1, -0.05) is 6.07 Å². The summed E-state index contributed by atoms with van der Waals surface area (Å²) < 4.78 is 42.7. The monoisotopic (exact) mass is 572 g/mol. The van der Waals surface area contributed by atoms with E-state index in [0.29, 0.717) is 29.6 Å². The van der Waals surface area contributed by atoms with Crippen LogP contribution >= 0.6 is 24.0 Å². The van der Waals surface area contributed by atoms with Gasteiger partial charge < -0.3 is 24.8 Å². The van der Waals surface area contributed by atoms with E-state index in [1.54, 1.807) is 25.5 Å². The minimum absolute atomic E-state index is 0. The summed E-state index contributed by atoms with van der Waals surface area (Å²) in [6.07, 6.45) is 5.34. The maximum absolute atomic E-state index is 12.8. The van der Waals surface area contributed by atoms with Crippen molar-refractivity contribution in [2.45, 2.75) is 26.6 Å². The highest BCUT2D eigenvalue weighted by Crippen LogP contribution is 2.38. The molecule has 0 bridgehead atoms. The van der Waals surface area contributed by atoms with Crippen LogP contribution in [0.3, 0.4) is 0 Å². The number of aryl methyl sites for hydroxylation is 1. The molecule has 0 atom stereocenters. The fourth-order valence-electron chi connectivity index (χ4n) is 3.18. The molecule has 33 heavy (non-hydrogen) atoms. The Labute approximate surface area is 206 Å². The minimum Gasteiger partial charge on any atom is -0.454 e. The number of imidazole rings is 1. The largest absolute Gasteiger partial charge is 0.454 e. The molecule has 0 spiro atoms. The third-order valence-electron chi connectivity index (χ3n) is 4.78. The molecule has 176 valence electrons. The predicted molar refractivity (Wildman–Crippen MR) is 128 cm³/mol. The number of fused-ring (bicyclic) bond motifs is 1. The topological polar surface area (TPSA) is 94.8 Å². The number of pyridine rings is 1. The molecule has 1 aromatic carbocycles. The number of hydrogen-bond acceptors (Lipinski definition) is 6. The van der Waals surface area contributed by atoms with Gasteiger partial charge in [0, 0.05) is 50.4 Å². The van der Waals surface area contributed by atoms with Gasteiger partial charge in [0.1, 0.15) is 17.4 Å². The number of rotatable bonds is 7. The Morgan fingerprint density at radius 2 is 1.94 bits per heavy atom. The number of benzene rings is 1. The molecule has 0 radical (unpaired) electrons. The fraction of sp³-hybridized carbons (Fsp3) is 0.286. The van der Waals surface area contributed by atoms with Gasteiger partial charge in [0.05, 0.1) is 0 Å². The molecule has 0 aliphatic carbocycles. The van der Waals surface area contributed by atoms with Crippen molar-refractivity contribution in [3.05, 3.63) is 59.8 Å². The Hall–Kier alpha value is -3.16. The average Bonchev–Trinajstić information content (AvgIpc) is 3.42. The van der Waals surface area contributed by atoms with Gasteiger partial charge in [-0.3, -0.25) is 9.56 Å². The summed E-state index contributed by atoms with van der Waals surface area (Å²) in [5.74, 6) is 2.98. The van der Waals surface area contributed by atoms with Crippen LogP contribution in [0.15, 0.2) is 47.8 Å². The molecule has 0 fully saturated rings. The van der Waals surface area contributed by atoms with Crippen LogP contribution in [-0.4, -0.2) is 40.9 Å². The van der Waals surface area contributed by atoms with Crippen LogP contribution in [0, 0.1) is 6.92 Å². The number of alkyl halides is 2. The van der Waals surface area contributed by atoms with Gasteiger partial charge in [0.15, 0.2) is 17.5 Å². The third-order valence-corrected chi connectivity index (χ3v) is 4.78. The normalized spacial score (nSPS) is 12.5. The number of guanidine groups is 1. The van der Waals surface area contributed by atoms with Crippen molar-refractivity contribution >= 4 is 29.9 Å². The Morgan fingerprint density at radius 1 is 1.18 bits per heavy atom. The van der Waals surface area contributed by atoms with Crippen LogP contribution in [0.2, 0.25) is 0 Å². The van der Waals surface area contributed by atoms with Crippen molar-refractivity contribution in [2.75, 3.05) is 13.8 Å². The number of nitrogens with zero attached hydrogens (tertiary/aromatic N) is 4. The molecule has 1 aliphatic rings. The first-order chi connectivity index (χ1) is 15.5. The van der Waals surface area contributed by atoms with Crippen LogP contribution in [0.4, 0.5) is 8.78 Å². The lowest BCUT2D eigenvalue weighted by atomic mass is 10.1. The Bertz CT molecular complexity index is 1110. The first kappa shape index (κ1) is 24.5. The lowest BCUT2D eigenvalue weighted by Gasteiger charge is -2.15. The fourth-order valence-corrected chi connectivity index (χ4v) is 3.18. The van der Waals surface area contributed by atoms with Crippen molar-refractivity contribution in [1.29, 1.82) is 0 Å². The summed E-state index contributed by atoms with van der Waals surface area (Å²) in [6.45, 7) is -0.345. The van der Waals surface area contributed by atoms with E-state index in [1.165, 1.54) is 6.07 Å². The van der Waals surface area contributed by atoms with Gasteiger partial charge in [0.2, 0.25) is 6.79 Å². The molecule has 9 nitrogen and oxygen atoms in total. The van der Waals surface area contributed by atoms with E-state index >= 15 is 0 Å². The first-order valence-electron chi connectivity index (χ1n) is 9.80. The van der Waals surface area contributed by atoms with E-state index in [-0.39, 0.29) is 43.1 Å². The molecule has 12 heteroatoms. The Kier molecular flexibility index (Phi) is 8.25. The standard InChI is InChI=1S/C21H22F2N6O3.HI/c1-13-25-5-6-29(13)19-4-3-14(9-26-19)10-27-21(24-2)28-11-15-7-17-18(31-12-30-17)8-16(15)32-20(22)23;/h3-9,20H,10-12H2,1-2H3,(H2,24,27,28);1H. The highest BCUT2D eigenvalue weighted by Gasteiger charge is 2.20. The molecule has 0 saturated carbocycles. The summed E-state index contributed by atoms with van der Waals surface area (Å²) >= 11 is 0. The van der Waals surface area contributed by atoms with Crippen molar-refractivity contribution < 1.29 is 23.0 Å². The highest BCUT2D eigenvalue weighted by molar-refractivity contribution is 14.0. The minimum atomic E-state index is -2.95. The zero-order valence-corrected chi connectivity index (χ0v) is 20.2. The number of aromatic nitrogens is 3. The highest BCUT2D eigenvalue weighted by atomic mass is 127. The molecule has 0 unspecified atom stereocenters. The van der Waals surface area contributed by atoms with E-state index in [4.69, 9.17) is 9.47 Å². The van der Waals surface area contributed by atoms with Gasteiger partial charge in [-0.05, 0) is 24.6 Å². The van der Waals surface area contributed by atoms with Crippen LogP contribution < -0.4 is 24.8 Å². The summed E-state index contributed by atoms with van der Waals surface area (Å²) in [5, 5.41) is 6.26. The van der Waals surface area contributed by atoms with E-state index in [0.717, 1.165) is 17.2 Å². The molecule has 3 aromatic rings.